The fourth-order valence-electron chi connectivity index (χ4n) is 3.50. The molecule has 28 heavy (non-hydrogen) atoms. The van der Waals surface area contributed by atoms with Crippen molar-refractivity contribution in [1.82, 2.24) is 5.32 Å². The molecule has 2 aliphatic rings. The van der Waals surface area contributed by atoms with Crippen LogP contribution in [0.15, 0.2) is 24.3 Å². The molecule has 2 saturated heterocycles. The number of aliphatic hydroxyl groups is 1. The van der Waals surface area contributed by atoms with Crippen molar-refractivity contribution in [2.75, 3.05) is 6.61 Å². The van der Waals surface area contributed by atoms with Gasteiger partial charge in [-0.25, -0.2) is 0 Å². The molecule has 5 atom stereocenters. The summed E-state index contributed by atoms with van der Waals surface area (Å²) in [6, 6.07) is 6.96. The van der Waals surface area contributed by atoms with Gasteiger partial charge in [-0.1, -0.05) is 32.9 Å². The highest BCUT2D eigenvalue weighted by atomic mass is 16.8. The fraction of sp³-hybridized carbons (Fsp3) is 0.667. The highest BCUT2D eigenvalue weighted by Gasteiger charge is 2.52. The number of benzene rings is 1. The number of nitrogens with one attached hydrogen (secondary N) is 1. The van der Waals surface area contributed by atoms with Gasteiger partial charge in [-0.2, -0.15) is 0 Å². The molecule has 2 N–H and O–H groups in total. The first-order valence-electron chi connectivity index (χ1n) is 9.66. The maximum Gasteiger partial charge on any atom is 0.223 e. The molecule has 0 bridgehead atoms. The predicted octanol–water partition coefficient (Wildman–Crippen LogP) is 2.10. The number of carbonyl (C=O) groups is 1. The van der Waals surface area contributed by atoms with E-state index in [1.165, 1.54) is 12.5 Å². The van der Waals surface area contributed by atoms with E-state index in [0.717, 1.165) is 0 Å². The Kier molecular flexibility index (Phi) is 5.74. The van der Waals surface area contributed by atoms with Crippen molar-refractivity contribution < 1.29 is 28.8 Å². The summed E-state index contributed by atoms with van der Waals surface area (Å²) in [4.78, 5) is 11.7. The minimum absolute atomic E-state index is 0.0333. The van der Waals surface area contributed by atoms with Crippen molar-refractivity contribution in [3.8, 4) is 5.75 Å². The molecule has 1 aromatic carbocycles. The van der Waals surface area contributed by atoms with E-state index in [9.17, 15) is 9.90 Å². The van der Waals surface area contributed by atoms with Crippen LogP contribution in [-0.4, -0.2) is 54.1 Å². The number of carbonyl (C=O) groups excluding carboxylic acids is 1. The molecule has 0 spiro atoms. The molecular weight excluding hydrogens is 362 g/mol. The van der Waals surface area contributed by atoms with Crippen LogP contribution in [0.3, 0.4) is 0 Å². The number of hydrogen-bond acceptors (Lipinski definition) is 6. The minimum Gasteiger partial charge on any atom is -0.463 e. The van der Waals surface area contributed by atoms with Crippen molar-refractivity contribution in [2.24, 2.45) is 0 Å². The Morgan fingerprint density at radius 2 is 1.89 bits per heavy atom. The van der Waals surface area contributed by atoms with Gasteiger partial charge < -0.3 is 29.4 Å². The Balaban J connectivity index is 1.79. The number of aliphatic hydroxyl groups excluding tert-OH is 1. The Bertz CT molecular complexity index is 696. The van der Waals surface area contributed by atoms with Gasteiger partial charge in [-0.15, -0.1) is 0 Å². The molecule has 0 saturated carbocycles. The fourth-order valence-corrected chi connectivity index (χ4v) is 3.50. The van der Waals surface area contributed by atoms with Gasteiger partial charge in [0.15, 0.2) is 5.79 Å². The standard InChI is InChI=1S/C21H31NO6/c1-12(23)22-16-17(24)18-15(11-25-21(5,6)28-18)27-19(16)26-14-9-7-13(8-10-14)20(2,3)4/h7-10,15-19,24H,11H2,1-6H3,(H,22,23)/t15-,16-,17+,18+,19+/m1/s1. The summed E-state index contributed by atoms with van der Waals surface area (Å²) in [5, 5.41) is 13.6. The van der Waals surface area contributed by atoms with Crippen molar-refractivity contribution >= 4 is 5.91 Å². The summed E-state index contributed by atoms with van der Waals surface area (Å²) in [7, 11) is 0. The van der Waals surface area contributed by atoms with Gasteiger partial charge in [0.2, 0.25) is 12.2 Å². The minimum atomic E-state index is -0.996. The van der Waals surface area contributed by atoms with Crippen molar-refractivity contribution in [1.29, 1.82) is 0 Å². The highest BCUT2D eigenvalue weighted by molar-refractivity contribution is 5.73. The third-order valence-electron chi connectivity index (χ3n) is 5.03. The Morgan fingerprint density at radius 3 is 2.46 bits per heavy atom. The molecule has 2 fully saturated rings. The molecule has 1 aromatic rings. The van der Waals surface area contributed by atoms with Gasteiger partial charge in [0.05, 0.1) is 6.61 Å². The zero-order valence-corrected chi connectivity index (χ0v) is 17.4. The lowest BCUT2D eigenvalue weighted by Crippen LogP contribution is -2.69. The second-order valence-electron chi connectivity index (χ2n) is 8.95. The molecule has 0 aliphatic carbocycles. The van der Waals surface area contributed by atoms with Crippen LogP contribution in [0, 0.1) is 0 Å². The average molecular weight is 393 g/mol. The Morgan fingerprint density at radius 1 is 1.25 bits per heavy atom. The van der Waals surface area contributed by atoms with Crippen LogP contribution >= 0.6 is 0 Å². The number of ether oxygens (including phenoxy) is 4. The van der Waals surface area contributed by atoms with Crippen LogP contribution in [0.25, 0.3) is 0 Å². The van der Waals surface area contributed by atoms with Crippen molar-refractivity contribution in [3.05, 3.63) is 29.8 Å². The van der Waals surface area contributed by atoms with Gasteiger partial charge in [0.1, 0.15) is 30.1 Å². The number of hydrogen-bond donors (Lipinski definition) is 2. The van der Waals surface area contributed by atoms with E-state index >= 15 is 0 Å². The van der Waals surface area contributed by atoms with Crippen molar-refractivity contribution in [2.45, 2.75) is 83.4 Å². The van der Waals surface area contributed by atoms with Gasteiger partial charge in [0.25, 0.3) is 0 Å². The molecule has 0 radical (unpaired) electrons. The molecule has 0 unspecified atom stereocenters. The average Bonchev–Trinajstić information content (AvgIpc) is 2.58. The summed E-state index contributed by atoms with van der Waals surface area (Å²) in [5.74, 6) is -0.519. The van der Waals surface area contributed by atoms with E-state index in [1.54, 1.807) is 13.8 Å². The van der Waals surface area contributed by atoms with Gasteiger partial charge in [-0.3, -0.25) is 4.79 Å². The second kappa shape index (κ2) is 7.63. The van der Waals surface area contributed by atoms with E-state index in [2.05, 4.69) is 26.1 Å². The summed E-state index contributed by atoms with van der Waals surface area (Å²) < 4.78 is 23.5. The lowest BCUT2D eigenvalue weighted by atomic mass is 9.87. The topological polar surface area (TPSA) is 86.3 Å². The summed E-state index contributed by atoms with van der Waals surface area (Å²) >= 11 is 0. The van der Waals surface area contributed by atoms with Crippen LogP contribution in [0.4, 0.5) is 0 Å². The maximum absolute atomic E-state index is 11.7. The van der Waals surface area contributed by atoms with E-state index in [-0.39, 0.29) is 17.9 Å². The number of fused-ring (bicyclic) bond motifs is 1. The quantitative estimate of drug-likeness (QED) is 0.818. The zero-order chi connectivity index (χ0) is 20.7. The van der Waals surface area contributed by atoms with Crippen LogP contribution in [0.2, 0.25) is 0 Å². The maximum atomic E-state index is 11.7. The third kappa shape index (κ3) is 4.66. The summed E-state index contributed by atoms with van der Waals surface area (Å²) in [6.45, 7) is 11.6. The SMILES string of the molecule is CC(=O)N[C@H]1[C@@H](Oc2ccc(C(C)(C)C)cc2)O[C@@H]2COC(C)(C)O[C@@H]2[C@H]1O. The number of amides is 1. The first-order valence-corrected chi connectivity index (χ1v) is 9.66. The normalized spacial score (nSPS) is 32.3. The van der Waals surface area contributed by atoms with Crippen LogP contribution < -0.4 is 10.1 Å². The Hall–Kier alpha value is -1.67. The van der Waals surface area contributed by atoms with Crippen LogP contribution in [-0.2, 0) is 24.4 Å². The zero-order valence-electron chi connectivity index (χ0n) is 17.4. The monoisotopic (exact) mass is 393 g/mol. The second-order valence-corrected chi connectivity index (χ2v) is 8.95. The van der Waals surface area contributed by atoms with Crippen LogP contribution in [0.5, 0.6) is 5.75 Å². The smallest absolute Gasteiger partial charge is 0.223 e. The van der Waals surface area contributed by atoms with Gasteiger partial charge >= 0.3 is 0 Å². The third-order valence-corrected chi connectivity index (χ3v) is 5.03. The van der Waals surface area contributed by atoms with Gasteiger partial charge in [-0.05, 0) is 37.0 Å². The number of rotatable bonds is 3. The molecule has 156 valence electrons. The molecule has 0 aromatic heterocycles. The Labute approximate surface area is 166 Å². The first kappa shape index (κ1) is 21.0. The lowest BCUT2D eigenvalue weighted by molar-refractivity contribution is -0.361. The predicted molar refractivity (Wildman–Crippen MR) is 103 cm³/mol. The molecule has 7 nitrogen and oxygen atoms in total. The highest BCUT2D eigenvalue weighted by Crippen LogP contribution is 2.33. The molecular formula is C21H31NO6. The lowest BCUT2D eigenvalue weighted by Gasteiger charge is -2.49. The van der Waals surface area contributed by atoms with E-state index < -0.39 is 36.4 Å². The molecule has 2 aliphatic heterocycles. The van der Waals surface area contributed by atoms with Crippen LogP contribution in [0.1, 0.15) is 47.1 Å². The molecule has 1 amide bonds. The van der Waals surface area contributed by atoms with Gasteiger partial charge in [0, 0.05) is 6.92 Å². The van der Waals surface area contributed by atoms with E-state index in [1.807, 2.05) is 24.3 Å². The van der Waals surface area contributed by atoms with E-state index in [4.69, 9.17) is 18.9 Å². The molecule has 2 heterocycles. The summed E-state index contributed by atoms with van der Waals surface area (Å²) in [6.07, 6.45) is -2.98. The van der Waals surface area contributed by atoms with E-state index in [0.29, 0.717) is 5.75 Å². The summed E-state index contributed by atoms with van der Waals surface area (Å²) in [5.41, 5.74) is 1.21. The molecule has 7 heteroatoms. The van der Waals surface area contributed by atoms with Crippen molar-refractivity contribution in [3.63, 3.8) is 0 Å². The first-order chi connectivity index (χ1) is 13.0. The molecule has 3 rings (SSSR count). The largest absolute Gasteiger partial charge is 0.463 e.